The molecule has 0 amide bonds. The predicted molar refractivity (Wildman–Crippen MR) is 122 cm³/mol. The van der Waals surface area contributed by atoms with Crippen molar-refractivity contribution in [3.8, 4) is 11.1 Å². The minimum atomic E-state index is -1.79. The summed E-state index contributed by atoms with van der Waals surface area (Å²) >= 11 is 6.30. The van der Waals surface area contributed by atoms with Crippen molar-refractivity contribution in [1.29, 1.82) is 0 Å². The van der Waals surface area contributed by atoms with Gasteiger partial charge in [-0.25, -0.2) is 0 Å². The second-order valence-corrected chi connectivity index (χ2v) is 10.7. The SMILES string of the molecule is C[P+](c1ccccc1)(c1ccccc1)c1ccccc1-c1cccc(Cl)c1.[Br-]. The quantitative estimate of drug-likeness (QED) is 0.405. The van der Waals surface area contributed by atoms with Crippen molar-refractivity contribution >= 4 is 34.8 Å². The van der Waals surface area contributed by atoms with E-state index in [9.17, 15) is 0 Å². The average Bonchev–Trinajstić information content (AvgIpc) is 2.74. The van der Waals surface area contributed by atoms with Crippen molar-refractivity contribution in [2.75, 3.05) is 6.66 Å². The van der Waals surface area contributed by atoms with Gasteiger partial charge < -0.3 is 17.0 Å². The van der Waals surface area contributed by atoms with Gasteiger partial charge in [-0.15, -0.1) is 0 Å². The summed E-state index contributed by atoms with van der Waals surface area (Å²) in [6.45, 7) is 2.42. The molecular weight excluding hydrogens is 447 g/mol. The Labute approximate surface area is 183 Å². The van der Waals surface area contributed by atoms with Crippen molar-refractivity contribution in [2.24, 2.45) is 0 Å². The molecule has 0 aromatic heterocycles. The standard InChI is InChI=1S/C25H21ClP.BrH/c1-27(22-13-4-2-5-14-22,23-15-6-3-7-16-23)25-18-9-8-17-24(25)20-11-10-12-21(26)19-20;/h2-19H,1H3;1H/q+1;/p-1. The zero-order valence-corrected chi connectivity index (χ0v) is 18.8. The van der Waals surface area contributed by atoms with Crippen molar-refractivity contribution in [3.63, 3.8) is 0 Å². The molecule has 0 atom stereocenters. The zero-order chi connectivity index (χ0) is 18.7. The molecule has 0 aliphatic heterocycles. The topological polar surface area (TPSA) is 0 Å². The Balaban J connectivity index is 0.00000225. The van der Waals surface area contributed by atoms with Crippen LogP contribution in [-0.4, -0.2) is 6.66 Å². The second-order valence-electron chi connectivity index (χ2n) is 6.70. The molecule has 0 spiro atoms. The third kappa shape index (κ3) is 3.94. The number of rotatable bonds is 4. The molecule has 4 rings (SSSR count). The first-order valence-electron chi connectivity index (χ1n) is 9.03. The van der Waals surface area contributed by atoms with Crippen LogP contribution in [0.25, 0.3) is 11.1 Å². The highest BCUT2D eigenvalue weighted by molar-refractivity contribution is 7.95. The van der Waals surface area contributed by atoms with E-state index in [2.05, 4.69) is 104 Å². The van der Waals surface area contributed by atoms with E-state index in [0.717, 1.165) is 10.6 Å². The molecule has 0 unspecified atom stereocenters. The van der Waals surface area contributed by atoms with E-state index in [1.807, 2.05) is 12.1 Å². The Morgan fingerprint density at radius 3 is 1.71 bits per heavy atom. The van der Waals surface area contributed by atoms with Gasteiger partial charge in [-0.1, -0.05) is 78.3 Å². The molecule has 3 heteroatoms. The largest absolute Gasteiger partial charge is 1.00 e. The van der Waals surface area contributed by atoms with Gasteiger partial charge >= 0.3 is 0 Å². The Bertz CT molecular complexity index is 1010. The Morgan fingerprint density at radius 2 is 1.14 bits per heavy atom. The first kappa shape index (κ1) is 20.8. The maximum Gasteiger partial charge on any atom is 0.112 e. The average molecular weight is 468 g/mol. The lowest BCUT2D eigenvalue weighted by Crippen LogP contribution is -3.00. The minimum absolute atomic E-state index is 0. The van der Waals surface area contributed by atoms with Gasteiger partial charge in [0.2, 0.25) is 0 Å². The Kier molecular flexibility index (Phi) is 6.73. The fourth-order valence-electron chi connectivity index (χ4n) is 3.64. The van der Waals surface area contributed by atoms with E-state index in [1.54, 1.807) is 0 Å². The van der Waals surface area contributed by atoms with Crippen LogP contribution < -0.4 is 32.9 Å². The van der Waals surface area contributed by atoms with Gasteiger partial charge in [0.05, 0.1) is 6.66 Å². The summed E-state index contributed by atoms with van der Waals surface area (Å²) in [4.78, 5) is 0. The Hall–Kier alpha value is -1.92. The summed E-state index contributed by atoms with van der Waals surface area (Å²) in [6, 6.07) is 38.7. The van der Waals surface area contributed by atoms with Crippen LogP contribution in [0.5, 0.6) is 0 Å². The van der Waals surface area contributed by atoms with Crippen LogP contribution in [0.2, 0.25) is 5.02 Å². The molecule has 0 nitrogen and oxygen atoms in total. The highest BCUT2D eigenvalue weighted by Crippen LogP contribution is 2.53. The van der Waals surface area contributed by atoms with Gasteiger partial charge in [0.15, 0.2) is 0 Å². The monoisotopic (exact) mass is 466 g/mol. The third-order valence-electron chi connectivity index (χ3n) is 5.07. The highest BCUT2D eigenvalue weighted by atomic mass is 79.9. The van der Waals surface area contributed by atoms with Gasteiger partial charge in [0.1, 0.15) is 23.2 Å². The fraction of sp³-hybridized carbons (Fsp3) is 0.0400. The summed E-state index contributed by atoms with van der Waals surface area (Å²) in [5, 5.41) is 4.91. The summed E-state index contributed by atoms with van der Waals surface area (Å²) in [5.74, 6) is 0. The van der Waals surface area contributed by atoms with Crippen molar-refractivity contribution in [3.05, 3.63) is 114 Å². The van der Waals surface area contributed by atoms with Gasteiger partial charge in [0.25, 0.3) is 0 Å². The maximum atomic E-state index is 6.30. The number of hydrogen-bond acceptors (Lipinski definition) is 0. The van der Waals surface area contributed by atoms with E-state index >= 15 is 0 Å². The summed E-state index contributed by atoms with van der Waals surface area (Å²) in [7, 11) is -1.79. The first-order chi connectivity index (χ1) is 13.2. The summed E-state index contributed by atoms with van der Waals surface area (Å²) in [5.41, 5.74) is 2.42. The van der Waals surface area contributed by atoms with Crippen molar-refractivity contribution in [2.45, 2.75) is 0 Å². The van der Waals surface area contributed by atoms with Crippen molar-refractivity contribution < 1.29 is 17.0 Å². The lowest BCUT2D eigenvalue weighted by molar-refractivity contribution is -0.00000512. The van der Waals surface area contributed by atoms with E-state index in [1.165, 1.54) is 21.5 Å². The van der Waals surface area contributed by atoms with Crippen LogP contribution in [0.15, 0.2) is 109 Å². The molecule has 0 saturated carbocycles. The normalized spacial score (nSPS) is 10.9. The first-order valence-corrected chi connectivity index (χ1v) is 11.6. The van der Waals surface area contributed by atoms with E-state index in [-0.39, 0.29) is 17.0 Å². The molecule has 28 heavy (non-hydrogen) atoms. The molecule has 0 bridgehead atoms. The molecule has 0 aliphatic rings. The third-order valence-corrected chi connectivity index (χ3v) is 9.32. The number of benzene rings is 4. The van der Waals surface area contributed by atoms with E-state index in [4.69, 9.17) is 11.6 Å². The van der Waals surface area contributed by atoms with Gasteiger partial charge in [-0.3, -0.25) is 0 Å². The van der Waals surface area contributed by atoms with Crippen LogP contribution in [0, 0.1) is 0 Å². The number of halogens is 2. The van der Waals surface area contributed by atoms with Crippen LogP contribution in [0.1, 0.15) is 0 Å². The van der Waals surface area contributed by atoms with Crippen molar-refractivity contribution in [1.82, 2.24) is 0 Å². The second kappa shape index (κ2) is 9.05. The summed E-state index contributed by atoms with van der Waals surface area (Å²) < 4.78 is 0. The smallest absolute Gasteiger partial charge is 0.112 e. The molecule has 4 aromatic rings. The van der Waals surface area contributed by atoms with Gasteiger partial charge in [0, 0.05) is 10.6 Å². The van der Waals surface area contributed by atoms with Crippen LogP contribution in [0.3, 0.4) is 0 Å². The molecule has 0 aliphatic carbocycles. The predicted octanol–water partition coefficient (Wildman–Crippen LogP) is 2.93. The number of hydrogen-bond donors (Lipinski definition) is 0. The molecule has 0 saturated heterocycles. The highest BCUT2D eigenvalue weighted by Gasteiger charge is 2.41. The molecule has 4 aromatic carbocycles. The molecule has 0 radical (unpaired) electrons. The minimum Gasteiger partial charge on any atom is -1.00 e. The van der Waals surface area contributed by atoms with Crippen LogP contribution >= 0.6 is 18.9 Å². The van der Waals surface area contributed by atoms with E-state index in [0.29, 0.717) is 0 Å². The molecule has 0 N–H and O–H groups in total. The fourth-order valence-corrected chi connectivity index (χ4v) is 7.29. The van der Waals surface area contributed by atoms with Crippen LogP contribution in [-0.2, 0) is 0 Å². The van der Waals surface area contributed by atoms with Gasteiger partial charge in [-0.2, -0.15) is 0 Å². The molecule has 0 fully saturated rings. The molecule has 0 heterocycles. The molecule has 140 valence electrons. The maximum absolute atomic E-state index is 6.30. The van der Waals surface area contributed by atoms with Crippen LogP contribution in [0.4, 0.5) is 0 Å². The Morgan fingerprint density at radius 1 is 0.607 bits per heavy atom. The summed E-state index contributed by atoms with van der Waals surface area (Å²) in [6.07, 6.45) is 0. The van der Waals surface area contributed by atoms with E-state index < -0.39 is 7.26 Å². The molecular formula is C25H21BrClP. The zero-order valence-electron chi connectivity index (χ0n) is 15.6. The lowest BCUT2D eigenvalue weighted by atomic mass is 10.1. The lowest BCUT2D eigenvalue weighted by Gasteiger charge is -2.25. The van der Waals surface area contributed by atoms with Gasteiger partial charge in [-0.05, 0) is 48.0 Å².